The van der Waals surface area contributed by atoms with E-state index in [9.17, 15) is 4.79 Å². The number of aromatic nitrogens is 2. The van der Waals surface area contributed by atoms with Crippen LogP contribution in [0.1, 0.15) is 21.6 Å². The number of carboxylic acids is 1. The molecule has 4 heteroatoms. The van der Waals surface area contributed by atoms with E-state index in [2.05, 4.69) is 9.97 Å². The molecule has 0 saturated carbocycles. The Balaban J connectivity index is 2.43. The van der Waals surface area contributed by atoms with E-state index in [0.717, 1.165) is 17.0 Å². The fraction of sp³-hybridized carbons (Fsp3) is 0.154. The first-order valence-electron chi connectivity index (χ1n) is 5.21. The molecule has 2 aromatic rings. The van der Waals surface area contributed by atoms with Gasteiger partial charge in [-0.2, -0.15) is 0 Å². The van der Waals surface area contributed by atoms with E-state index in [0.29, 0.717) is 5.69 Å². The average molecular weight is 228 g/mol. The molecule has 0 saturated heterocycles. The summed E-state index contributed by atoms with van der Waals surface area (Å²) in [4.78, 5) is 19.2. The highest BCUT2D eigenvalue weighted by Crippen LogP contribution is 2.16. The number of rotatable bonds is 2. The van der Waals surface area contributed by atoms with Crippen molar-refractivity contribution in [3.8, 4) is 11.4 Å². The van der Waals surface area contributed by atoms with Gasteiger partial charge < -0.3 is 5.11 Å². The van der Waals surface area contributed by atoms with Crippen molar-refractivity contribution in [3.05, 3.63) is 47.3 Å². The van der Waals surface area contributed by atoms with Crippen LogP contribution in [-0.4, -0.2) is 21.0 Å². The molecule has 0 radical (unpaired) electrons. The number of aryl methyl sites for hydroxylation is 2. The Kier molecular flexibility index (Phi) is 2.87. The molecule has 2 aromatic heterocycles. The van der Waals surface area contributed by atoms with Crippen molar-refractivity contribution in [1.29, 1.82) is 0 Å². The maximum Gasteiger partial charge on any atom is 0.337 e. The first-order chi connectivity index (χ1) is 8.06. The third-order valence-electron chi connectivity index (χ3n) is 2.37. The predicted molar refractivity (Wildman–Crippen MR) is 63.9 cm³/mol. The molecular formula is C13H12N2O2. The highest BCUT2D eigenvalue weighted by atomic mass is 16.4. The maximum absolute atomic E-state index is 10.7. The van der Waals surface area contributed by atoms with Crippen LogP contribution in [0.3, 0.4) is 0 Å². The summed E-state index contributed by atoms with van der Waals surface area (Å²) < 4.78 is 0. The Labute approximate surface area is 99.0 Å². The van der Waals surface area contributed by atoms with E-state index in [-0.39, 0.29) is 5.56 Å². The summed E-state index contributed by atoms with van der Waals surface area (Å²) >= 11 is 0. The van der Waals surface area contributed by atoms with E-state index in [1.165, 1.54) is 12.3 Å². The molecule has 0 aliphatic rings. The zero-order valence-corrected chi connectivity index (χ0v) is 9.64. The Morgan fingerprint density at radius 2 is 1.94 bits per heavy atom. The number of pyridine rings is 2. The Morgan fingerprint density at radius 1 is 1.18 bits per heavy atom. The van der Waals surface area contributed by atoms with Crippen molar-refractivity contribution in [3.63, 3.8) is 0 Å². The summed E-state index contributed by atoms with van der Waals surface area (Å²) in [6.07, 6.45) is 1.34. The zero-order valence-electron chi connectivity index (χ0n) is 9.64. The second kappa shape index (κ2) is 4.33. The summed E-state index contributed by atoms with van der Waals surface area (Å²) in [5.41, 5.74) is 3.65. The molecule has 1 N–H and O–H groups in total. The fourth-order valence-electron chi connectivity index (χ4n) is 1.64. The molecule has 0 aliphatic carbocycles. The molecule has 0 fully saturated rings. The maximum atomic E-state index is 10.7. The third-order valence-corrected chi connectivity index (χ3v) is 2.37. The molecule has 0 atom stereocenters. The number of hydrogen-bond acceptors (Lipinski definition) is 3. The molecule has 86 valence electrons. The van der Waals surface area contributed by atoms with Gasteiger partial charge in [0.05, 0.1) is 17.0 Å². The van der Waals surface area contributed by atoms with Crippen LogP contribution in [0.2, 0.25) is 0 Å². The predicted octanol–water partition coefficient (Wildman–Crippen LogP) is 2.46. The lowest BCUT2D eigenvalue weighted by Gasteiger charge is -2.03. The van der Waals surface area contributed by atoms with Crippen LogP contribution in [0.4, 0.5) is 0 Å². The topological polar surface area (TPSA) is 63.1 Å². The number of carbonyl (C=O) groups is 1. The average Bonchev–Trinajstić information content (AvgIpc) is 2.28. The third kappa shape index (κ3) is 2.47. The largest absolute Gasteiger partial charge is 0.478 e. The van der Waals surface area contributed by atoms with E-state index in [1.807, 2.05) is 26.0 Å². The van der Waals surface area contributed by atoms with Gasteiger partial charge in [-0.05, 0) is 43.7 Å². The highest BCUT2D eigenvalue weighted by molar-refractivity contribution is 5.87. The van der Waals surface area contributed by atoms with Gasteiger partial charge in [0.1, 0.15) is 0 Å². The highest BCUT2D eigenvalue weighted by Gasteiger charge is 2.06. The van der Waals surface area contributed by atoms with E-state index in [1.54, 1.807) is 6.07 Å². The molecule has 0 amide bonds. The van der Waals surface area contributed by atoms with Crippen LogP contribution in [0.15, 0.2) is 30.5 Å². The summed E-state index contributed by atoms with van der Waals surface area (Å²) in [6.45, 7) is 3.91. The van der Waals surface area contributed by atoms with Crippen molar-refractivity contribution in [2.75, 3.05) is 0 Å². The number of carboxylic acid groups (broad SMARTS) is 1. The van der Waals surface area contributed by atoms with E-state index in [4.69, 9.17) is 5.11 Å². The minimum absolute atomic E-state index is 0.179. The van der Waals surface area contributed by atoms with Gasteiger partial charge in [0.2, 0.25) is 0 Å². The first kappa shape index (κ1) is 11.3. The molecule has 17 heavy (non-hydrogen) atoms. The lowest BCUT2D eigenvalue weighted by Crippen LogP contribution is -1.98. The van der Waals surface area contributed by atoms with Gasteiger partial charge in [0, 0.05) is 11.9 Å². The van der Waals surface area contributed by atoms with Crippen molar-refractivity contribution in [1.82, 2.24) is 9.97 Å². The van der Waals surface area contributed by atoms with Gasteiger partial charge in [-0.1, -0.05) is 0 Å². The van der Waals surface area contributed by atoms with Crippen molar-refractivity contribution in [2.24, 2.45) is 0 Å². The molecule has 4 nitrogen and oxygen atoms in total. The quantitative estimate of drug-likeness (QED) is 0.857. The van der Waals surface area contributed by atoms with Gasteiger partial charge >= 0.3 is 5.97 Å². The van der Waals surface area contributed by atoms with Crippen LogP contribution in [0, 0.1) is 13.8 Å². The van der Waals surface area contributed by atoms with Crippen molar-refractivity contribution in [2.45, 2.75) is 13.8 Å². The van der Waals surface area contributed by atoms with Gasteiger partial charge in [-0.15, -0.1) is 0 Å². The zero-order chi connectivity index (χ0) is 12.4. The number of aromatic carboxylic acids is 1. The summed E-state index contributed by atoms with van der Waals surface area (Å²) in [5, 5.41) is 8.78. The van der Waals surface area contributed by atoms with E-state index >= 15 is 0 Å². The van der Waals surface area contributed by atoms with Crippen molar-refractivity contribution >= 4 is 5.97 Å². The van der Waals surface area contributed by atoms with Crippen LogP contribution in [0.25, 0.3) is 11.4 Å². The monoisotopic (exact) mass is 228 g/mol. The normalized spacial score (nSPS) is 10.2. The molecule has 0 bridgehead atoms. The molecule has 0 spiro atoms. The SMILES string of the molecule is Cc1cc(C)nc(-c2ccc(C(=O)O)cn2)c1. The molecule has 2 heterocycles. The second-order valence-corrected chi connectivity index (χ2v) is 3.91. The summed E-state index contributed by atoms with van der Waals surface area (Å²) in [7, 11) is 0. The molecule has 2 rings (SSSR count). The summed E-state index contributed by atoms with van der Waals surface area (Å²) in [6, 6.07) is 7.11. The van der Waals surface area contributed by atoms with Gasteiger partial charge in [0.25, 0.3) is 0 Å². The molecular weight excluding hydrogens is 216 g/mol. The van der Waals surface area contributed by atoms with Crippen LogP contribution in [-0.2, 0) is 0 Å². The Bertz CT molecular complexity index is 542. The lowest BCUT2D eigenvalue weighted by molar-refractivity contribution is 0.0696. The molecule has 0 aromatic carbocycles. The Morgan fingerprint density at radius 3 is 2.47 bits per heavy atom. The van der Waals surface area contributed by atoms with Gasteiger partial charge in [-0.25, -0.2) is 4.79 Å². The number of nitrogens with zero attached hydrogens (tertiary/aromatic N) is 2. The lowest BCUT2D eigenvalue weighted by atomic mass is 10.1. The van der Waals surface area contributed by atoms with Gasteiger partial charge in [-0.3, -0.25) is 9.97 Å². The summed E-state index contributed by atoms with van der Waals surface area (Å²) in [5.74, 6) is -0.975. The minimum Gasteiger partial charge on any atom is -0.478 e. The van der Waals surface area contributed by atoms with Crippen molar-refractivity contribution < 1.29 is 9.90 Å². The van der Waals surface area contributed by atoms with Gasteiger partial charge in [0.15, 0.2) is 0 Å². The number of hydrogen-bond donors (Lipinski definition) is 1. The molecule has 0 unspecified atom stereocenters. The standard InChI is InChI=1S/C13H12N2O2/c1-8-5-9(2)15-12(6-8)11-4-3-10(7-14-11)13(16)17/h3-7H,1-2H3,(H,16,17). The fourth-order valence-corrected chi connectivity index (χ4v) is 1.64. The van der Waals surface area contributed by atoms with E-state index < -0.39 is 5.97 Å². The van der Waals surface area contributed by atoms with Crippen LogP contribution in [0.5, 0.6) is 0 Å². The first-order valence-corrected chi connectivity index (χ1v) is 5.21. The Hall–Kier alpha value is -2.23. The van der Waals surface area contributed by atoms with Crippen LogP contribution < -0.4 is 0 Å². The molecule has 0 aliphatic heterocycles. The van der Waals surface area contributed by atoms with Crippen LogP contribution >= 0.6 is 0 Å². The smallest absolute Gasteiger partial charge is 0.337 e. The second-order valence-electron chi connectivity index (χ2n) is 3.91. The minimum atomic E-state index is -0.975.